The SMILES string of the molecule is Nc1ccc(C(F)(F)F)c(OC(F)F)c1Cl. The molecule has 16 heavy (non-hydrogen) atoms. The molecular weight excluding hydrogens is 257 g/mol. The first-order valence-electron chi connectivity index (χ1n) is 3.83. The number of ether oxygens (including phenoxy) is 1. The Labute approximate surface area is 91.7 Å². The molecule has 2 nitrogen and oxygen atoms in total. The molecule has 0 saturated heterocycles. The van der Waals surface area contributed by atoms with Gasteiger partial charge in [-0.1, -0.05) is 11.6 Å². The van der Waals surface area contributed by atoms with Gasteiger partial charge in [-0.15, -0.1) is 0 Å². The fourth-order valence-corrected chi connectivity index (χ4v) is 1.21. The quantitative estimate of drug-likeness (QED) is 0.653. The third-order valence-corrected chi connectivity index (χ3v) is 2.03. The van der Waals surface area contributed by atoms with Crippen molar-refractivity contribution in [2.75, 3.05) is 5.73 Å². The van der Waals surface area contributed by atoms with Crippen LogP contribution in [0.3, 0.4) is 0 Å². The fourth-order valence-electron chi connectivity index (χ4n) is 0.999. The minimum Gasteiger partial charge on any atom is -0.433 e. The number of hydrogen-bond acceptors (Lipinski definition) is 2. The van der Waals surface area contributed by atoms with E-state index in [2.05, 4.69) is 4.74 Å². The molecule has 0 radical (unpaired) electrons. The highest BCUT2D eigenvalue weighted by Crippen LogP contribution is 2.43. The molecule has 1 aromatic rings. The van der Waals surface area contributed by atoms with E-state index in [4.69, 9.17) is 17.3 Å². The molecular formula is C8H5ClF5NO. The van der Waals surface area contributed by atoms with Crippen LogP contribution in [0.2, 0.25) is 5.02 Å². The van der Waals surface area contributed by atoms with Crippen LogP contribution >= 0.6 is 11.6 Å². The normalized spacial score (nSPS) is 11.9. The number of rotatable bonds is 2. The first-order valence-corrected chi connectivity index (χ1v) is 4.21. The Kier molecular flexibility index (Phi) is 3.47. The summed E-state index contributed by atoms with van der Waals surface area (Å²) < 4.78 is 64.7. The summed E-state index contributed by atoms with van der Waals surface area (Å²) in [6, 6.07) is 1.39. The molecule has 0 atom stereocenters. The molecule has 0 spiro atoms. The Morgan fingerprint density at radius 2 is 1.81 bits per heavy atom. The van der Waals surface area contributed by atoms with Crippen molar-refractivity contribution in [1.82, 2.24) is 0 Å². The van der Waals surface area contributed by atoms with Crippen molar-refractivity contribution in [3.63, 3.8) is 0 Å². The molecule has 0 heterocycles. The van der Waals surface area contributed by atoms with Crippen LogP contribution in [0.4, 0.5) is 27.6 Å². The van der Waals surface area contributed by atoms with E-state index < -0.39 is 29.1 Å². The summed E-state index contributed by atoms with van der Waals surface area (Å²) in [5, 5.41) is -0.685. The number of hydrogen-bond donors (Lipinski definition) is 1. The maximum Gasteiger partial charge on any atom is 0.420 e. The average molecular weight is 262 g/mol. The molecule has 0 saturated carbocycles. The van der Waals surface area contributed by atoms with Gasteiger partial charge in [0, 0.05) is 0 Å². The van der Waals surface area contributed by atoms with Gasteiger partial charge in [0.1, 0.15) is 5.02 Å². The van der Waals surface area contributed by atoms with Crippen LogP contribution in [0.5, 0.6) is 5.75 Å². The molecule has 0 aliphatic rings. The van der Waals surface area contributed by atoms with Crippen molar-refractivity contribution in [3.05, 3.63) is 22.7 Å². The summed E-state index contributed by atoms with van der Waals surface area (Å²) in [4.78, 5) is 0. The van der Waals surface area contributed by atoms with Gasteiger partial charge in [-0.25, -0.2) is 0 Å². The van der Waals surface area contributed by atoms with Crippen LogP contribution in [-0.2, 0) is 6.18 Å². The van der Waals surface area contributed by atoms with Crippen LogP contribution < -0.4 is 10.5 Å². The van der Waals surface area contributed by atoms with Gasteiger partial charge in [0.05, 0.1) is 11.3 Å². The Bertz CT molecular complexity index is 393. The molecule has 0 aromatic heterocycles. The highest BCUT2D eigenvalue weighted by atomic mass is 35.5. The molecule has 1 rings (SSSR count). The molecule has 0 aliphatic heterocycles. The van der Waals surface area contributed by atoms with E-state index in [1.54, 1.807) is 0 Å². The first-order chi connectivity index (χ1) is 7.23. The summed E-state index contributed by atoms with van der Waals surface area (Å²) in [6.45, 7) is -3.42. The first kappa shape index (κ1) is 12.8. The molecule has 90 valence electrons. The highest BCUT2D eigenvalue weighted by Gasteiger charge is 2.36. The summed E-state index contributed by atoms with van der Waals surface area (Å²) in [5.41, 5.74) is 3.52. The summed E-state index contributed by atoms with van der Waals surface area (Å²) in [6.07, 6.45) is -4.85. The van der Waals surface area contributed by atoms with Gasteiger partial charge >= 0.3 is 12.8 Å². The fraction of sp³-hybridized carbons (Fsp3) is 0.250. The van der Waals surface area contributed by atoms with E-state index in [1.165, 1.54) is 0 Å². The predicted octanol–water partition coefficient (Wildman–Crippen LogP) is 3.54. The number of alkyl halides is 5. The van der Waals surface area contributed by atoms with Crippen LogP contribution in [0.25, 0.3) is 0 Å². The number of benzene rings is 1. The van der Waals surface area contributed by atoms with Crippen molar-refractivity contribution in [3.8, 4) is 5.75 Å². The minimum absolute atomic E-state index is 0.273. The third-order valence-electron chi connectivity index (χ3n) is 1.64. The van der Waals surface area contributed by atoms with Crippen molar-refractivity contribution >= 4 is 17.3 Å². The topological polar surface area (TPSA) is 35.2 Å². The van der Waals surface area contributed by atoms with E-state index >= 15 is 0 Å². The number of nitrogens with two attached hydrogens (primary N) is 1. The third kappa shape index (κ3) is 2.66. The predicted molar refractivity (Wildman–Crippen MR) is 47.5 cm³/mol. The van der Waals surface area contributed by atoms with E-state index in [0.29, 0.717) is 6.07 Å². The van der Waals surface area contributed by atoms with E-state index in [0.717, 1.165) is 6.07 Å². The van der Waals surface area contributed by atoms with Gasteiger partial charge in [-0.05, 0) is 12.1 Å². The zero-order valence-corrected chi connectivity index (χ0v) is 8.24. The lowest BCUT2D eigenvalue weighted by molar-refractivity contribution is -0.141. The summed E-state index contributed by atoms with van der Waals surface area (Å²) in [7, 11) is 0. The van der Waals surface area contributed by atoms with Crippen LogP contribution in [-0.4, -0.2) is 6.61 Å². The Morgan fingerprint density at radius 3 is 2.25 bits per heavy atom. The number of anilines is 1. The zero-order chi connectivity index (χ0) is 12.5. The average Bonchev–Trinajstić information content (AvgIpc) is 2.10. The largest absolute Gasteiger partial charge is 0.433 e. The lowest BCUT2D eigenvalue weighted by Gasteiger charge is -2.15. The zero-order valence-electron chi connectivity index (χ0n) is 7.49. The molecule has 0 unspecified atom stereocenters. The van der Waals surface area contributed by atoms with Crippen LogP contribution in [0, 0.1) is 0 Å². The number of nitrogen functional groups attached to an aromatic ring is 1. The van der Waals surface area contributed by atoms with Crippen molar-refractivity contribution < 1.29 is 26.7 Å². The second-order valence-electron chi connectivity index (χ2n) is 2.72. The smallest absolute Gasteiger partial charge is 0.420 e. The maximum absolute atomic E-state index is 12.4. The van der Waals surface area contributed by atoms with Crippen LogP contribution in [0.15, 0.2) is 12.1 Å². The Morgan fingerprint density at radius 1 is 1.25 bits per heavy atom. The van der Waals surface area contributed by atoms with E-state index in [-0.39, 0.29) is 5.69 Å². The Hall–Kier alpha value is -1.24. The van der Waals surface area contributed by atoms with E-state index in [9.17, 15) is 22.0 Å². The maximum atomic E-state index is 12.4. The van der Waals surface area contributed by atoms with Gasteiger partial charge in [0.15, 0.2) is 5.75 Å². The standard InChI is InChI=1S/C8H5ClF5NO/c9-5-4(15)2-1-3(8(12,13)14)6(5)16-7(10)11/h1-2,7H,15H2. The highest BCUT2D eigenvalue weighted by molar-refractivity contribution is 6.34. The van der Waals surface area contributed by atoms with Crippen molar-refractivity contribution in [1.29, 1.82) is 0 Å². The molecule has 8 heteroatoms. The van der Waals surface area contributed by atoms with Gasteiger partial charge in [-0.2, -0.15) is 22.0 Å². The second kappa shape index (κ2) is 4.32. The lowest BCUT2D eigenvalue weighted by Crippen LogP contribution is -2.12. The van der Waals surface area contributed by atoms with Gasteiger partial charge in [0.25, 0.3) is 0 Å². The van der Waals surface area contributed by atoms with Crippen LogP contribution in [0.1, 0.15) is 5.56 Å². The van der Waals surface area contributed by atoms with Gasteiger partial charge < -0.3 is 10.5 Å². The van der Waals surface area contributed by atoms with Gasteiger partial charge in [-0.3, -0.25) is 0 Å². The summed E-state index contributed by atoms with van der Waals surface area (Å²) >= 11 is 5.37. The van der Waals surface area contributed by atoms with Crippen molar-refractivity contribution in [2.45, 2.75) is 12.8 Å². The monoisotopic (exact) mass is 261 g/mol. The van der Waals surface area contributed by atoms with Crippen molar-refractivity contribution in [2.24, 2.45) is 0 Å². The lowest BCUT2D eigenvalue weighted by atomic mass is 10.1. The molecule has 2 N–H and O–H groups in total. The van der Waals surface area contributed by atoms with Gasteiger partial charge in [0.2, 0.25) is 0 Å². The molecule has 0 amide bonds. The second-order valence-corrected chi connectivity index (χ2v) is 3.10. The molecule has 0 aliphatic carbocycles. The summed E-state index contributed by atoms with van der Waals surface area (Å²) in [5.74, 6) is -1.16. The van der Waals surface area contributed by atoms with E-state index in [1.807, 2.05) is 0 Å². The molecule has 0 fully saturated rings. The minimum atomic E-state index is -4.85. The molecule has 0 bridgehead atoms. The number of halogens is 6. The Balaban J connectivity index is 3.33. The molecule has 1 aromatic carbocycles.